The van der Waals surface area contributed by atoms with Crippen LogP contribution in [0.15, 0.2) is 447 Å². The van der Waals surface area contributed by atoms with Crippen LogP contribution in [0, 0.1) is 0 Å². The summed E-state index contributed by atoms with van der Waals surface area (Å²) in [6, 6.07) is 164. The van der Waals surface area contributed by atoms with Crippen molar-refractivity contribution in [1.29, 1.82) is 0 Å². The van der Waals surface area contributed by atoms with Gasteiger partial charge in [-0.1, -0.05) is 309 Å². The Labute approximate surface area is 794 Å². The molecule has 6 heteroatoms. The first-order valence-corrected chi connectivity index (χ1v) is 48.6. The van der Waals surface area contributed by atoms with Crippen LogP contribution in [0.5, 0.6) is 0 Å². The molecular formula is C132H85N5O. The van der Waals surface area contributed by atoms with Gasteiger partial charge in [-0.2, -0.15) is 0 Å². The van der Waals surface area contributed by atoms with Crippen LogP contribution >= 0.6 is 0 Å². The lowest BCUT2D eigenvalue weighted by Crippen LogP contribution is -2.04. The summed E-state index contributed by atoms with van der Waals surface area (Å²) in [6.45, 7) is 0. The Morgan fingerprint density at radius 3 is 1.01 bits per heavy atom. The molecule has 4 aliphatic rings. The van der Waals surface area contributed by atoms with Crippen molar-refractivity contribution >= 4 is 163 Å². The molecule has 28 aromatic rings. The van der Waals surface area contributed by atoms with E-state index in [9.17, 15) is 0 Å². The van der Waals surface area contributed by atoms with Crippen LogP contribution in [0.1, 0.15) is 33.4 Å². The number of aromatic nitrogens is 5. The number of benzene rings is 22. The van der Waals surface area contributed by atoms with Crippen LogP contribution in [-0.2, 0) is 38.5 Å². The van der Waals surface area contributed by atoms with Crippen LogP contribution in [0.3, 0.4) is 0 Å². The third-order valence-corrected chi connectivity index (χ3v) is 31.0. The number of furan rings is 1. The zero-order valence-corrected chi connectivity index (χ0v) is 75.5. The molecule has 32 rings (SSSR count). The number of hydrogen-bond donors (Lipinski definition) is 0. The third kappa shape index (κ3) is 11.3. The monoisotopic (exact) mass is 1760 g/mol. The van der Waals surface area contributed by atoms with Crippen molar-refractivity contribution in [2.24, 2.45) is 0 Å². The van der Waals surface area contributed by atoms with E-state index < -0.39 is 0 Å². The van der Waals surface area contributed by atoms with Gasteiger partial charge < -0.3 is 27.3 Å². The quantitative estimate of drug-likeness (QED) is 0.163. The summed E-state index contributed by atoms with van der Waals surface area (Å²) in [5.74, 6) is 0. The second-order valence-corrected chi connectivity index (χ2v) is 38.0. The maximum Gasteiger partial charge on any atom is 0.135 e. The molecule has 6 nitrogen and oxygen atoms in total. The van der Waals surface area contributed by atoms with Crippen molar-refractivity contribution in [3.63, 3.8) is 0 Å². The third-order valence-electron chi connectivity index (χ3n) is 31.0. The highest BCUT2D eigenvalue weighted by Gasteiger charge is 2.31. The number of rotatable bonds is 6. The van der Waals surface area contributed by atoms with Crippen LogP contribution in [0.2, 0.25) is 0 Å². The highest BCUT2D eigenvalue weighted by atomic mass is 16.3. The Bertz CT molecular complexity index is 10100. The van der Waals surface area contributed by atoms with Gasteiger partial charge in [0.1, 0.15) is 11.2 Å². The van der Waals surface area contributed by atoms with Crippen molar-refractivity contribution in [2.75, 3.05) is 0 Å². The SMILES string of the molecule is c1ccc2c(c1)CCc1ccc3c(c1-2)c1ccccc1n3-c1ccc(-c2ccc3oc4ccccc4c3c2)cc1.c1ccc2c(c1)CCc1ccc3c(c1-2)c1ccccc1n3-c1ccc(-n2c3cc4c5c(cccc5c3c3ccc5ccccc5c32)-c2ccccc2-4)cc1.c1ccc2c(c1)CCc1ccc3c(c1-2)c1ccccc1n3-c1ccc(-n2c3ccccc3c3c4ccccc4ccc32)cc1. The van der Waals surface area contributed by atoms with Crippen molar-refractivity contribution < 1.29 is 4.42 Å². The minimum atomic E-state index is 0.928. The highest BCUT2D eigenvalue weighted by molar-refractivity contribution is 6.32. The van der Waals surface area contributed by atoms with Gasteiger partial charge in [0.15, 0.2) is 0 Å². The molecule has 644 valence electrons. The predicted octanol–water partition coefficient (Wildman–Crippen LogP) is 34.5. The van der Waals surface area contributed by atoms with Crippen LogP contribution < -0.4 is 0 Å². The zero-order valence-electron chi connectivity index (χ0n) is 75.5. The van der Waals surface area contributed by atoms with Gasteiger partial charge in [-0.3, -0.25) is 0 Å². The maximum atomic E-state index is 6.05. The van der Waals surface area contributed by atoms with Crippen LogP contribution in [0.4, 0.5) is 0 Å². The molecule has 6 heterocycles. The van der Waals surface area contributed by atoms with E-state index >= 15 is 0 Å². The van der Waals surface area contributed by atoms with E-state index in [1.54, 1.807) is 0 Å². The molecule has 0 unspecified atom stereocenters. The molecule has 6 aromatic heterocycles. The van der Waals surface area contributed by atoms with Gasteiger partial charge >= 0.3 is 0 Å². The molecule has 4 aliphatic carbocycles. The predicted molar refractivity (Wildman–Crippen MR) is 579 cm³/mol. The second kappa shape index (κ2) is 30.0. The van der Waals surface area contributed by atoms with Gasteiger partial charge in [-0.15, -0.1) is 0 Å². The Balaban J connectivity index is 0.0000000991. The summed E-state index contributed by atoms with van der Waals surface area (Å²) in [6.07, 6.45) is 6.56. The smallest absolute Gasteiger partial charge is 0.135 e. The highest BCUT2D eigenvalue weighted by Crippen LogP contribution is 2.55. The van der Waals surface area contributed by atoms with Crippen molar-refractivity contribution in [1.82, 2.24) is 22.8 Å². The Morgan fingerprint density at radius 2 is 0.500 bits per heavy atom. The average molecular weight is 1760 g/mol. The Kier molecular flexibility index (Phi) is 16.7. The summed E-state index contributed by atoms with van der Waals surface area (Å²) in [7, 11) is 0. The van der Waals surface area contributed by atoms with Crippen molar-refractivity contribution in [3.8, 4) is 95.2 Å². The molecule has 0 bridgehead atoms. The molecule has 0 aliphatic heterocycles. The van der Waals surface area contributed by atoms with E-state index in [0.717, 1.165) is 66.2 Å². The summed E-state index contributed by atoms with van der Waals surface area (Å²) in [5.41, 5.74) is 45.0. The largest absolute Gasteiger partial charge is 0.456 e. The molecule has 138 heavy (non-hydrogen) atoms. The summed E-state index contributed by atoms with van der Waals surface area (Å²) in [5, 5.41) is 23.3. The molecule has 0 fully saturated rings. The molecular weight excluding hydrogens is 1670 g/mol. The maximum absolute atomic E-state index is 6.05. The van der Waals surface area contributed by atoms with Gasteiger partial charge in [0, 0.05) is 98.5 Å². The first kappa shape index (κ1) is 76.9. The normalized spacial score (nSPS) is 12.9. The lowest BCUT2D eigenvalue weighted by molar-refractivity contribution is 0.669. The second-order valence-electron chi connectivity index (χ2n) is 38.0. The minimum Gasteiger partial charge on any atom is -0.456 e. The molecule has 0 amide bonds. The van der Waals surface area contributed by atoms with E-state index in [2.05, 4.69) is 454 Å². The van der Waals surface area contributed by atoms with Crippen molar-refractivity contribution in [2.45, 2.75) is 38.5 Å². The molecule has 22 aromatic carbocycles. The standard InChI is InChI=1S/C52H32N2.C42H28N2.C38H25NO/c1-3-12-36-31(10-1)20-21-33-23-29-46-51(48(33)36)41-16-7-8-19-45(41)53(46)34-24-26-35(27-25-34)54-47-30-44-39-15-6-5-14-38(39)40-17-9-18-42(49(40)44)50(47)43-28-22-32-11-2-4-13-37(32)52(43)54;1-3-11-32-27(9-1)17-18-29-20-26-39-42(40(29)32)35-14-6-8-16-37(35)44(39)31-23-21-30(22-24-31)43-36-15-7-5-13-34(36)41-33-12-4-2-10-28(33)19-25-38(41)43;1-2-8-29-25(7-1)13-14-26-17-21-34-38(37(26)29)31-10-3-5-11-33(31)39(34)28-19-15-24(16-20-28)27-18-22-36-32(23-27)30-9-4-6-12-35(30)40-36/h1-19,22-30H,20-21H2;1-16,19-26H,17-18H2;1-12,15-23H,13-14H2. The lowest BCUT2D eigenvalue weighted by atomic mass is 9.83. The van der Waals surface area contributed by atoms with Crippen LogP contribution in [0.25, 0.3) is 258 Å². The number of aryl methyl sites for hydroxylation is 6. The number of para-hydroxylation sites is 5. The fourth-order valence-electron chi connectivity index (χ4n) is 25.1. The topological polar surface area (TPSA) is 37.8 Å². The first-order chi connectivity index (χ1) is 68.5. The number of fused-ring (bicyclic) bond motifs is 38. The van der Waals surface area contributed by atoms with E-state index in [1.165, 1.54) is 264 Å². The zero-order chi connectivity index (χ0) is 90.1. The summed E-state index contributed by atoms with van der Waals surface area (Å²) in [4.78, 5) is 0. The molecule has 0 saturated carbocycles. The van der Waals surface area contributed by atoms with E-state index in [4.69, 9.17) is 4.42 Å². The van der Waals surface area contributed by atoms with Gasteiger partial charge in [-0.25, -0.2) is 0 Å². The number of nitrogens with zero attached hydrogens (tertiary/aromatic N) is 5. The molecule has 0 N–H and O–H groups in total. The summed E-state index contributed by atoms with van der Waals surface area (Å²) >= 11 is 0. The molecule has 0 saturated heterocycles. The van der Waals surface area contributed by atoms with E-state index in [1.807, 2.05) is 12.1 Å². The minimum absolute atomic E-state index is 0.928. The fourth-order valence-corrected chi connectivity index (χ4v) is 25.1. The van der Waals surface area contributed by atoms with Gasteiger partial charge in [0.25, 0.3) is 0 Å². The Morgan fingerprint density at radius 1 is 0.159 bits per heavy atom. The lowest BCUT2D eigenvalue weighted by Gasteiger charge is -2.21. The summed E-state index contributed by atoms with van der Waals surface area (Å²) < 4.78 is 18.3. The van der Waals surface area contributed by atoms with Crippen LogP contribution in [-0.4, -0.2) is 22.8 Å². The van der Waals surface area contributed by atoms with Gasteiger partial charge in [-0.05, 0) is 299 Å². The van der Waals surface area contributed by atoms with Crippen molar-refractivity contribution in [3.05, 3.63) is 476 Å². The van der Waals surface area contributed by atoms with Gasteiger partial charge in [0.05, 0.1) is 55.2 Å². The van der Waals surface area contributed by atoms with E-state index in [-0.39, 0.29) is 0 Å². The average Bonchev–Trinajstić information content (AvgIpc) is 1.53. The fraction of sp³-hybridized carbons (Fsp3) is 0.0455. The van der Waals surface area contributed by atoms with Gasteiger partial charge in [0.2, 0.25) is 0 Å². The van der Waals surface area contributed by atoms with E-state index in [0.29, 0.717) is 0 Å². The molecule has 0 radical (unpaired) electrons. The molecule has 0 spiro atoms. The molecule has 0 atom stereocenters. The first-order valence-electron chi connectivity index (χ1n) is 48.6. The number of hydrogen-bond acceptors (Lipinski definition) is 1. The Hall–Kier alpha value is -17.6.